The Kier molecular flexibility index (Phi) is 4.97. The first-order valence-electron chi connectivity index (χ1n) is 13.7. The Balaban J connectivity index is 1.19. The SMILES string of the molecule is Nc1c(C2CC2)c(C2C[C@H]3CC[C@@H](C2)N3C(=O)c2ncn[nH]2)nc2c(-c3cnc4c(c3)OCCC4O)cnn12. The number of carbonyl (C=O) groups excluding carboxylic acids is 1. The average Bonchev–Trinajstić information content (AvgIpc) is 3.33. The molecule has 12 nitrogen and oxygen atoms in total. The molecule has 2 bridgehead atoms. The van der Waals surface area contributed by atoms with Gasteiger partial charge in [0.15, 0.2) is 5.65 Å². The quantitative estimate of drug-likeness (QED) is 0.362. The second-order valence-corrected chi connectivity index (χ2v) is 11.2. The molecule has 0 radical (unpaired) electrons. The molecule has 3 aliphatic heterocycles. The maximum atomic E-state index is 13.2. The van der Waals surface area contributed by atoms with E-state index in [4.69, 9.17) is 15.5 Å². The molecule has 12 heteroatoms. The van der Waals surface area contributed by atoms with E-state index in [1.807, 2.05) is 11.0 Å². The second kappa shape index (κ2) is 8.47. The Bertz CT molecular complexity index is 1580. The van der Waals surface area contributed by atoms with Gasteiger partial charge in [0.05, 0.1) is 18.5 Å². The minimum Gasteiger partial charge on any atom is -0.491 e. The van der Waals surface area contributed by atoms with Crippen molar-refractivity contribution in [3.63, 3.8) is 0 Å². The highest BCUT2D eigenvalue weighted by Crippen LogP contribution is 2.50. The summed E-state index contributed by atoms with van der Waals surface area (Å²) in [7, 11) is 0. The average molecular weight is 528 g/mol. The number of anilines is 1. The van der Waals surface area contributed by atoms with E-state index in [-0.39, 0.29) is 23.9 Å². The van der Waals surface area contributed by atoms with Gasteiger partial charge in [-0.3, -0.25) is 14.9 Å². The van der Waals surface area contributed by atoms with Crippen molar-refractivity contribution in [1.29, 1.82) is 0 Å². The first-order valence-corrected chi connectivity index (χ1v) is 13.7. The summed E-state index contributed by atoms with van der Waals surface area (Å²) in [6.45, 7) is 0.453. The van der Waals surface area contributed by atoms with Crippen molar-refractivity contribution >= 4 is 17.4 Å². The molecule has 4 aromatic rings. The number of hydrogen-bond acceptors (Lipinski definition) is 9. The van der Waals surface area contributed by atoms with E-state index in [1.165, 1.54) is 6.33 Å². The third-order valence-corrected chi connectivity index (χ3v) is 8.87. The minimum absolute atomic E-state index is 0.0749. The van der Waals surface area contributed by atoms with Gasteiger partial charge >= 0.3 is 0 Å². The van der Waals surface area contributed by atoms with Crippen LogP contribution in [0.25, 0.3) is 16.8 Å². The molecule has 4 atom stereocenters. The van der Waals surface area contributed by atoms with Crippen LogP contribution in [0.1, 0.15) is 90.5 Å². The van der Waals surface area contributed by atoms with Crippen LogP contribution in [0.3, 0.4) is 0 Å². The van der Waals surface area contributed by atoms with Crippen molar-refractivity contribution in [2.75, 3.05) is 12.3 Å². The molecule has 39 heavy (non-hydrogen) atoms. The van der Waals surface area contributed by atoms with Gasteiger partial charge in [0.25, 0.3) is 5.91 Å². The summed E-state index contributed by atoms with van der Waals surface area (Å²) in [5.74, 6) is 2.06. The Labute approximate surface area is 223 Å². The highest BCUT2D eigenvalue weighted by Gasteiger charge is 2.46. The zero-order chi connectivity index (χ0) is 26.2. The van der Waals surface area contributed by atoms with Gasteiger partial charge in [-0.25, -0.2) is 9.97 Å². The molecule has 7 heterocycles. The monoisotopic (exact) mass is 527 g/mol. The number of nitrogen functional groups attached to an aromatic ring is 1. The number of amides is 1. The number of nitrogens with one attached hydrogen (secondary N) is 1. The first kappa shape index (κ1) is 22.9. The molecule has 1 saturated carbocycles. The van der Waals surface area contributed by atoms with Gasteiger partial charge in [-0.15, -0.1) is 0 Å². The van der Waals surface area contributed by atoms with Crippen molar-refractivity contribution in [2.24, 2.45) is 0 Å². The number of nitrogens with zero attached hydrogens (tertiary/aromatic N) is 7. The predicted octanol–water partition coefficient (Wildman–Crippen LogP) is 2.74. The molecule has 4 N–H and O–H groups in total. The number of aromatic amines is 1. The number of carbonyl (C=O) groups is 1. The smallest absolute Gasteiger partial charge is 0.291 e. The van der Waals surface area contributed by atoms with E-state index in [0.29, 0.717) is 47.7 Å². The van der Waals surface area contributed by atoms with Gasteiger partial charge in [-0.05, 0) is 50.5 Å². The number of fused-ring (bicyclic) bond motifs is 4. The largest absolute Gasteiger partial charge is 0.491 e. The predicted molar refractivity (Wildman–Crippen MR) is 139 cm³/mol. The zero-order valence-electron chi connectivity index (χ0n) is 21.3. The fourth-order valence-electron chi connectivity index (χ4n) is 6.90. The number of ether oxygens (including phenoxy) is 1. The molecule has 0 spiro atoms. The molecule has 4 aliphatic rings. The fraction of sp³-hybridized carbons (Fsp3) is 0.481. The van der Waals surface area contributed by atoms with Crippen LogP contribution in [0.15, 0.2) is 24.8 Å². The minimum atomic E-state index is -0.620. The molecular formula is C27H29N9O3. The maximum Gasteiger partial charge on any atom is 0.291 e. The van der Waals surface area contributed by atoms with Crippen molar-refractivity contribution in [3.05, 3.63) is 47.6 Å². The lowest BCUT2D eigenvalue weighted by molar-refractivity contribution is 0.0557. The summed E-state index contributed by atoms with van der Waals surface area (Å²) in [4.78, 5) is 29.1. The summed E-state index contributed by atoms with van der Waals surface area (Å²) in [5, 5.41) is 21.5. The third kappa shape index (κ3) is 3.54. The van der Waals surface area contributed by atoms with E-state index in [1.54, 1.807) is 16.9 Å². The number of pyridine rings is 1. The second-order valence-electron chi connectivity index (χ2n) is 11.2. The zero-order valence-corrected chi connectivity index (χ0v) is 21.3. The van der Waals surface area contributed by atoms with Crippen LogP contribution >= 0.6 is 0 Å². The highest BCUT2D eigenvalue weighted by molar-refractivity contribution is 5.91. The Morgan fingerprint density at radius 1 is 1.05 bits per heavy atom. The molecule has 2 unspecified atom stereocenters. The number of rotatable bonds is 4. The number of aliphatic hydroxyl groups excluding tert-OH is 1. The van der Waals surface area contributed by atoms with E-state index in [9.17, 15) is 9.90 Å². The third-order valence-electron chi connectivity index (χ3n) is 8.87. The van der Waals surface area contributed by atoms with Crippen LogP contribution in [0.2, 0.25) is 0 Å². The van der Waals surface area contributed by atoms with Crippen LogP contribution in [-0.2, 0) is 0 Å². The molecular weight excluding hydrogens is 498 g/mol. The molecule has 1 amide bonds. The Hall–Kier alpha value is -4.06. The van der Waals surface area contributed by atoms with Crippen molar-refractivity contribution < 1.29 is 14.6 Å². The molecule has 4 aromatic heterocycles. The van der Waals surface area contributed by atoms with Crippen LogP contribution in [-0.4, -0.2) is 69.4 Å². The Morgan fingerprint density at radius 2 is 1.87 bits per heavy atom. The highest BCUT2D eigenvalue weighted by atomic mass is 16.5. The number of H-pyrrole nitrogens is 1. The molecule has 200 valence electrons. The van der Waals surface area contributed by atoms with Gasteiger partial charge in [-0.1, -0.05) is 0 Å². The van der Waals surface area contributed by atoms with Crippen molar-refractivity contribution in [3.8, 4) is 16.9 Å². The standard InChI is InChI=1S/C27H29N9O3/c28-24-21(13-1-2-13)22(14-7-16-3-4-17(8-14)35(16)27(38)25-30-12-31-34-25)33-26-18(11-32-36(24)26)15-9-20-23(29-10-15)19(37)5-6-39-20/h9-14,16-17,19,37H,1-8,28H2,(H,30,31,34)/t14?,16-,17+,19?. The number of aromatic nitrogens is 7. The van der Waals surface area contributed by atoms with E-state index < -0.39 is 6.10 Å². The van der Waals surface area contributed by atoms with Crippen LogP contribution in [0.5, 0.6) is 5.75 Å². The molecule has 3 fully saturated rings. The Morgan fingerprint density at radius 3 is 2.62 bits per heavy atom. The van der Waals surface area contributed by atoms with Gasteiger partial charge in [-0.2, -0.15) is 14.7 Å². The summed E-state index contributed by atoms with van der Waals surface area (Å²) in [5.41, 5.74) is 11.9. The fourth-order valence-corrected chi connectivity index (χ4v) is 6.90. The normalized spacial score (nSPS) is 26.0. The van der Waals surface area contributed by atoms with Crippen molar-refractivity contribution in [1.82, 2.24) is 39.7 Å². The lowest BCUT2D eigenvalue weighted by Crippen LogP contribution is -2.46. The number of hydrogen-bond donors (Lipinski definition) is 3. The van der Waals surface area contributed by atoms with Crippen LogP contribution in [0, 0.1) is 0 Å². The van der Waals surface area contributed by atoms with Gasteiger partial charge < -0.3 is 20.5 Å². The molecule has 1 aliphatic carbocycles. The topological polar surface area (TPSA) is 160 Å². The summed E-state index contributed by atoms with van der Waals surface area (Å²) in [6, 6.07) is 2.17. The van der Waals surface area contributed by atoms with E-state index in [2.05, 4.69) is 25.3 Å². The van der Waals surface area contributed by atoms with Crippen LogP contribution in [0.4, 0.5) is 5.82 Å². The van der Waals surface area contributed by atoms with Gasteiger partial charge in [0.1, 0.15) is 29.7 Å². The summed E-state index contributed by atoms with van der Waals surface area (Å²) >= 11 is 0. The first-order chi connectivity index (χ1) is 19.1. The van der Waals surface area contributed by atoms with Gasteiger partial charge in [0, 0.05) is 47.3 Å². The number of nitrogens with two attached hydrogens (primary N) is 1. The molecule has 2 saturated heterocycles. The van der Waals surface area contributed by atoms with Crippen LogP contribution < -0.4 is 10.5 Å². The summed E-state index contributed by atoms with van der Waals surface area (Å²) < 4.78 is 7.54. The molecule has 8 rings (SSSR count). The summed E-state index contributed by atoms with van der Waals surface area (Å²) in [6.07, 6.45) is 10.6. The lowest BCUT2D eigenvalue weighted by atomic mass is 9.85. The van der Waals surface area contributed by atoms with Gasteiger partial charge in [0.2, 0.25) is 5.82 Å². The number of aliphatic hydroxyl groups is 1. The lowest BCUT2D eigenvalue weighted by Gasteiger charge is -2.39. The molecule has 0 aromatic carbocycles. The van der Waals surface area contributed by atoms with E-state index >= 15 is 0 Å². The maximum absolute atomic E-state index is 13.2. The van der Waals surface area contributed by atoms with E-state index in [0.717, 1.165) is 60.9 Å². The van der Waals surface area contributed by atoms with Crippen molar-refractivity contribution in [2.45, 2.75) is 75.0 Å². The number of piperidine rings is 1.